The quantitative estimate of drug-likeness (QED) is 0.505. The summed E-state index contributed by atoms with van der Waals surface area (Å²) in [5.41, 5.74) is 1.31. The van der Waals surface area contributed by atoms with Gasteiger partial charge in [0.1, 0.15) is 11.5 Å². The number of rotatable bonds is 7. The van der Waals surface area contributed by atoms with Crippen molar-refractivity contribution >= 4 is 17.5 Å². The maximum absolute atomic E-state index is 12.7. The predicted octanol–water partition coefficient (Wildman–Crippen LogP) is 3.13. The zero-order valence-electron chi connectivity index (χ0n) is 14.4. The van der Waals surface area contributed by atoms with Crippen LogP contribution in [0.4, 0.5) is 0 Å². The molecule has 2 aromatic carbocycles. The molecule has 0 aliphatic heterocycles. The highest BCUT2D eigenvalue weighted by atomic mass is 32.2. The highest BCUT2D eigenvalue weighted by molar-refractivity contribution is 8.00. The van der Waals surface area contributed by atoms with E-state index in [1.165, 1.54) is 16.4 Å². The Morgan fingerprint density at radius 2 is 1.88 bits per heavy atom. The minimum atomic E-state index is -0.366. The lowest BCUT2D eigenvalue weighted by molar-refractivity contribution is 0.0994. The number of carbonyl (C=O) groups excluding carboxylic acids is 1. The van der Waals surface area contributed by atoms with Crippen LogP contribution >= 0.6 is 11.8 Å². The predicted molar refractivity (Wildman–Crippen MR) is 98.1 cm³/mol. The number of ether oxygens (including phenoxy) is 1. The number of phenolic OH excluding ortho intramolecular Hbond substituents is 1. The van der Waals surface area contributed by atoms with Crippen LogP contribution in [0.1, 0.15) is 24.2 Å². The molecule has 0 bridgehead atoms. The van der Waals surface area contributed by atoms with Crippen LogP contribution in [0.15, 0.2) is 53.7 Å². The third-order valence-corrected chi connectivity index (χ3v) is 4.67. The van der Waals surface area contributed by atoms with E-state index in [4.69, 9.17) is 4.74 Å². The molecule has 0 saturated carbocycles. The number of Topliss-reactive ketones (excluding diaryl/α,β-unsaturated/α-hetero) is 1. The zero-order chi connectivity index (χ0) is 18.5. The molecular weight excluding hydrogens is 352 g/mol. The van der Waals surface area contributed by atoms with Crippen molar-refractivity contribution < 1.29 is 14.6 Å². The Kier molecular flexibility index (Phi) is 5.52. The number of nitrogens with zero attached hydrogens (tertiary/aromatic N) is 4. The summed E-state index contributed by atoms with van der Waals surface area (Å²) in [7, 11) is 0. The van der Waals surface area contributed by atoms with Crippen molar-refractivity contribution in [3.63, 3.8) is 0 Å². The third kappa shape index (κ3) is 4.02. The Hall–Kier alpha value is -2.87. The molecule has 0 aliphatic rings. The van der Waals surface area contributed by atoms with E-state index < -0.39 is 0 Å². The standard InChI is InChI=1S/C18H18N4O3S/c1-3-25-16-10-4-13(5-11-16)17(24)12(2)26-18-19-20-21-22(18)14-6-8-15(23)9-7-14/h4-12,23H,3H2,1-2H3/t12-/m1/s1. The van der Waals surface area contributed by atoms with Crippen molar-refractivity contribution in [1.29, 1.82) is 0 Å². The third-order valence-electron chi connectivity index (χ3n) is 3.64. The summed E-state index contributed by atoms with van der Waals surface area (Å²) in [5.74, 6) is 0.883. The van der Waals surface area contributed by atoms with Gasteiger partial charge < -0.3 is 9.84 Å². The molecule has 8 heteroatoms. The molecule has 0 radical (unpaired) electrons. The molecule has 1 N–H and O–H groups in total. The van der Waals surface area contributed by atoms with E-state index in [1.807, 2.05) is 13.8 Å². The molecule has 1 heterocycles. The van der Waals surface area contributed by atoms with Gasteiger partial charge in [-0.15, -0.1) is 5.10 Å². The van der Waals surface area contributed by atoms with E-state index in [2.05, 4.69) is 15.5 Å². The molecule has 0 unspecified atom stereocenters. The number of hydrogen-bond donors (Lipinski definition) is 1. The minimum absolute atomic E-state index is 0.0155. The SMILES string of the molecule is CCOc1ccc(C(=O)[C@@H](C)Sc2nnnn2-c2ccc(O)cc2)cc1. The summed E-state index contributed by atoms with van der Waals surface area (Å²) < 4.78 is 6.93. The number of hydrogen-bond acceptors (Lipinski definition) is 7. The normalized spacial score (nSPS) is 11.9. The fourth-order valence-corrected chi connectivity index (χ4v) is 3.22. The van der Waals surface area contributed by atoms with E-state index in [0.717, 1.165) is 5.75 Å². The number of aromatic nitrogens is 4. The largest absolute Gasteiger partial charge is 0.508 e. The molecule has 0 aliphatic carbocycles. The van der Waals surface area contributed by atoms with Gasteiger partial charge in [0.15, 0.2) is 5.78 Å². The Morgan fingerprint density at radius 1 is 1.19 bits per heavy atom. The van der Waals surface area contributed by atoms with Crippen molar-refractivity contribution in [3.8, 4) is 17.2 Å². The molecule has 26 heavy (non-hydrogen) atoms. The van der Waals surface area contributed by atoms with Gasteiger partial charge in [-0.25, -0.2) is 0 Å². The molecule has 0 fully saturated rings. The van der Waals surface area contributed by atoms with Crippen LogP contribution < -0.4 is 4.74 Å². The monoisotopic (exact) mass is 370 g/mol. The molecule has 1 aromatic heterocycles. The summed E-state index contributed by atoms with van der Waals surface area (Å²) in [6.07, 6.45) is 0. The second-order valence-corrected chi connectivity index (χ2v) is 6.78. The van der Waals surface area contributed by atoms with E-state index in [0.29, 0.717) is 23.0 Å². The van der Waals surface area contributed by atoms with Crippen LogP contribution in [0.3, 0.4) is 0 Å². The number of benzene rings is 2. The Labute approximate surface area is 155 Å². The van der Waals surface area contributed by atoms with Crippen molar-refractivity contribution in [3.05, 3.63) is 54.1 Å². The molecule has 134 valence electrons. The van der Waals surface area contributed by atoms with Crippen LogP contribution in [-0.4, -0.2) is 43.0 Å². The van der Waals surface area contributed by atoms with Gasteiger partial charge in [-0.2, -0.15) is 4.68 Å². The molecule has 0 spiro atoms. The minimum Gasteiger partial charge on any atom is -0.508 e. The Bertz CT molecular complexity index is 878. The van der Waals surface area contributed by atoms with Gasteiger partial charge in [-0.1, -0.05) is 11.8 Å². The average molecular weight is 370 g/mol. The van der Waals surface area contributed by atoms with E-state index in [1.54, 1.807) is 48.5 Å². The maximum atomic E-state index is 12.7. The summed E-state index contributed by atoms with van der Waals surface area (Å²) in [5, 5.41) is 21.2. The first-order valence-corrected chi connectivity index (χ1v) is 8.98. The molecule has 0 saturated heterocycles. The Balaban J connectivity index is 1.74. The Morgan fingerprint density at radius 3 is 2.54 bits per heavy atom. The fraction of sp³-hybridized carbons (Fsp3) is 0.222. The van der Waals surface area contributed by atoms with Crippen LogP contribution in [0.5, 0.6) is 11.5 Å². The maximum Gasteiger partial charge on any atom is 0.214 e. The van der Waals surface area contributed by atoms with Crippen molar-refractivity contribution in [1.82, 2.24) is 20.2 Å². The van der Waals surface area contributed by atoms with Crippen LogP contribution in [0.2, 0.25) is 0 Å². The lowest BCUT2D eigenvalue weighted by Gasteiger charge is -2.11. The average Bonchev–Trinajstić information content (AvgIpc) is 3.11. The molecule has 1 atom stereocenters. The van der Waals surface area contributed by atoms with Gasteiger partial charge in [0.2, 0.25) is 5.16 Å². The van der Waals surface area contributed by atoms with Crippen LogP contribution in [0, 0.1) is 0 Å². The zero-order valence-corrected chi connectivity index (χ0v) is 15.2. The first kappa shape index (κ1) is 17.9. The van der Waals surface area contributed by atoms with Gasteiger partial charge >= 0.3 is 0 Å². The molecular formula is C18H18N4O3S. The van der Waals surface area contributed by atoms with Crippen molar-refractivity contribution in [2.24, 2.45) is 0 Å². The van der Waals surface area contributed by atoms with E-state index in [9.17, 15) is 9.90 Å². The van der Waals surface area contributed by atoms with Gasteiger partial charge in [0, 0.05) is 5.56 Å². The van der Waals surface area contributed by atoms with Crippen LogP contribution in [-0.2, 0) is 0 Å². The number of ketones is 1. The number of thioether (sulfide) groups is 1. The summed E-state index contributed by atoms with van der Waals surface area (Å²) in [6, 6.07) is 13.6. The van der Waals surface area contributed by atoms with Crippen LogP contribution in [0.25, 0.3) is 5.69 Å². The first-order chi connectivity index (χ1) is 12.6. The molecule has 3 rings (SSSR count). The number of carbonyl (C=O) groups is 1. The fourth-order valence-electron chi connectivity index (χ4n) is 2.34. The first-order valence-electron chi connectivity index (χ1n) is 8.10. The summed E-state index contributed by atoms with van der Waals surface area (Å²) in [4.78, 5) is 12.7. The smallest absolute Gasteiger partial charge is 0.214 e. The van der Waals surface area contributed by atoms with Crippen molar-refractivity contribution in [2.45, 2.75) is 24.3 Å². The van der Waals surface area contributed by atoms with Gasteiger partial charge in [-0.3, -0.25) is 4.79 Å². The molecule has 7 nitrogen and oxygen atoms in total. The van der Waals surface area contributed by atoms with Gasteiger partial charge in [0.05, 0.1) is 17.5 Å². The topological polar surface area (TPSA) is 90.1 Å². The highest BCUT2D eigenvalue weighted by Gasteiger charge is 2.20. The summed E-state index contributed by atoms with van der Waals surface area (Å²) in [6.45, 7) is 4.31. The lowest BCUT2D eigenvalue weighted by Crippen LogP contribution is -2.14. The van der Waals surface area contributed by atoms with E-state index >= 15 is 0 Å². The number of tetrazole rings is 1. The van der Waals surface area contributed by atoms with Crippen molar-refractivity contribution in [2.75, 3.05) is 6.61 Å². The molecule has 0 amide bonds. The number of aromatic hydroxyl groups is 1. The second kappa shape index (κ2) is 8.01. The number of phenols is 1. The van der Waals surface area contributed by atoms with Gasteiger partial charge in [-0.05, 0) is 72.8 Å². The van der Waals surface area contributed by atoms with Gasteiger partial charge in [0.25, 0.3) is 0 Å². The molecule has 3 aromatic rings. The second-order valence-electron chi connectivity index (χ2n) is 5.47. The lowest BCUT2D eigenvalue weighted by atomic mass is 10.1. The van der Waals surface area contributed by atoms with E-state index in [-0.39, 0.29) is 16.8 Å². The highest BCUT2D eigenvalue weighted by Crippen LogP contribution is 2.26. The summed E-state index contributed by atoms with van der Waals surface area (Å²) >= 11 is 1.28.